The number of carbonyl (C=O) groups excluding carboxylic acids is 2. The number of hydrogen-bond donors (Lipinski definition) is 2. The van der Waals surface area contributed by atoms with Crippen molar-refractivity contribution in [2.75, 3.05) is 13.1 Å². The van der Waals surface area contributed by atoms with Gasteiger partial charge in [0.05, 0.1) is 11.8 Å². The highest BCUT2D eigenvalue weighted by molar-refractivity contribution is 5.93. The topological polar surface area (TPSA) is 78.1 Å². The van der Waals surface area contributed by atoms with Crippen molar-refractivity contribution < 1.29 is 9.59 Å². The third-order valence-electron chi connectivity index (χ3n) is 3.85. The minimum atomic E-state index is 0.0269. The first-order chi connectivity index (χ1) is 8.74. The predicted octanol–water partition coefficient (Wildman–Crippen LogP) is 0.150. The molecule has 0 bridgehead atoms. The summed E-state index contributed by atoms with van der Waals surface area (Å²) in [7, 11) is 0. The van der Waals surface area contributed by atoms with Gasteiger partial charge in [-0.3, -0.25) is 14.7 Å². The molecular formula is C12H16N4O2. The number of fused-ring (bicyclic) bond motifs is 1. The van der Waals surface area contributed by atoms with E-state index in [0.717, 1.165) is 19.4 Å². The van der Waals surface area contributed by atoms with E-state index in [-0.39, 0.29) is 17.9 Å². The molecule has 2 unspecified atom stereocenters. The van der Waals surface area contributed by atoms with Crippen molar-refractivity contribution in [3.63, 3.8) is 0 Å². The lowest BCUT2D eigenvalue weighted by atomic mass is 9.85. The molecule has 2 amide bonds. The van der Waals surface area contributed by atoms with E-state index >= 15 is 0 Å². The van der Waals surface area contributed by atoms with Gasteiger partial charge in [-0.2, -0.15) is 5.10 Å². The summed E-state index contributed by atoms with van der Waals surface area (Å²) in [6, 6.07) is 0.250. The van der Waals surface area contributed by atoms with Gasteiger partial charge in [0.2, 0.25) is 5.91 Å². The Morgan fingerprint density at radius 2 is 2.33 bits per heavy atom. The molecule has 6 nitrogen and oxygen atoms in total. The van der Waals surface area contributed by atoms with Crippen LogP contribution in [0.4, 0.5) is 0 Å². The number of rotatable bonds is 1. The van der Waals surface area contributed by atoms with Crippen LogP contribution in [0.3, 0.4) is 0 Å². The van der Waals surface area contributed by atoms with E-state index < -0.39 is 0 Å². The van der Waals surface area contributed by atoms with Crippen LogP contribution >= 0.6 is 0 Å². The van der Waals surface area contributed by atoms with Crippen LogP contribution in [0.25, 0.3) is 0 Å². The first-order valence-corrected chi connectivity index (χ1v) is 6.31. The van der Waals surface area contributed by atoms with Gasteiger partial charge < -0.3 is 10.2 Å². The highest BCUT2D eigenvalue weighted by Crippen LogP contribution is 2.26. The zero-order valence-corrected chi connectivity index (χ0v) is 10.1. The van der Waals surface area contributed by atoms with E-state index in [2.05, 4.69) is 15.5 Å². The zero-order chi connectivity index (χ0) is 12.5. The predicted molar refractivity (Wildman–Crippen MR) is 63.8 cm³/mol. The summed E-state index contributed by atoms with van der Waals surface area (Å²) in [5, 5.41) is 9.47. The molecule has 3 heterocycles. The molecule has 2 aliphatic rings. The molecule has 2 fully saturated rings. The van der Waals surface area contributed by atoms with E-state index in [1.54, 1.807) is 12.4 Å². The first-order valence-electron chi connectivity index (χ1n) is 6.31. The van der Waals surface area contributed by atoms with Gasteiger partial charge in [0.1, 0.15) is 0 Å². The Bertz CT molecular complexity index is 457. The average molecular weight is 248 g/mol. The molecule has 2 N–H and O–H groups in total. The number of piperidine rings is 2. The Labute approximate surface area is 105 Å². The molecule has 1 aromatic rings. The van der Waals surface area contributed by atoms with Crippen LogP contribution in [-0.4, -0.2) is 46.0 Å². The second-order valence-electron chi connectivity index (χ2n) is 5.00. The standard InChI is InChI=1S/C12H16N4O2/c17-11-2-1-8-7-16(4-3-10(8)15-11)12(18)9-5-13-14-6-9/h5-6,8,10H,1-4,7H2,(H,13,14)(H,15,17). The molecule has 0 aromatic carbocycles. The van der Waals surface area contributed by atoms with E-state index in [1.807, 2.05) is 4.90 Å². The fourth-order valence-corrected chi connectivity index (χ4v) is 2.85. The van der Waals surface area contributed by atoms with Crippen molar-refractivity contribution in [1.29, 1.82) is 0 Å². The van der Waals surface area contributed by atoms with Gasteiger partial charge in [-0.1, -0.05) is 0 Å². The summed E-state index contributed by atoms with van der Waals surface area (Å²) in [5.41, 5.74) is 0.605. The SMILES string of the molecule is O=C1CCC2CN(C(=O)c3cn[nH]c3)CCC2N1. The van der Waals surface area contributed by atoms with E-state index in [9.17, 15) is 9.59 Å². The fraction of sp³-hybridized carbons (Fsp3) is 0.583. The van der Waals surface area contributed by atoms with Gasteiger partial charge in [0.15, 0.2) is 0 Å². The number of amides is 2. The second kappa shape index (κ2) is 4.44. The maximum atomic E-state index is 12.2. The van der Waals surface area contributed by atoms with Crippen LogP contribution in [0.5, 0.6) is 0 Å². The third kappa shape index (κ3) is 1.98. The molecule has 96 valence electrons. The Balaban J connectivity index is 1.67. The van der Waals surface area contributed by atoms with Gasteiger partial charge in [-0.25, -0.2) is 0 Å². The Morgan fingerprint density at radius 3 is 3.11 bits per heavy atom. The fourth-order valence-electron chi connectivity index (χ4n) is 2.85. The number of hydrogen-bond acceptors (Lipinski definition) is 3. The number of carbonyl (C=O) groups is 2. The van der Waals surface area contributed by atoms with Crippen molar-refractivity contribution >= 4 is 11.8 Å². The van der Waals surface area contributed by atoms with Crippen LogP contribution in [0.2, 0.25) is 0 Å². The molecule has 3 rings (SSSR count). The molecule has 0 saturated carbocycles. The maximum Gasteiger partial charge on any atom is 0.257 e. The van der Waals surface area contributed by atoms with E-state index in [0.29, 0.717) is 24.4 Å². The monoisotopic (exact) mass is 248 g/mol. The van der Waals surface area contributed by atoms with Crippen molar-refractivity contribution in [2.45, 2.75) is 25.3 Å². The molecule has 2 saturated heterocycles. The van der Waals surface area contributed by atoms with Crippen molar-refractivity contribution in [3.8, 4) is 0 Å². The summed E-state index contributed by atoms with van der Waals surface area (Å²) in [6.07, 6.45) is 5.48. The van der Waals surface area contributed by atoms with Crippen LogP contribution in [-0.2, 0) is 4.79 Å². The van der Waals surface area contributed by atoms with Crippen LogP contribution in [0.15, 0.2) is 12.4 Å². The zero-order valence-electron chi connectivity index (χ0n) is 10.1. The lowest BCUT2D eigenvalue weighted by Gasteiger charge is -2.41. The quantitative estimate of drug-likeness (QED) is 0.742. The maximum absolute atomic E-state index is 12.2. The van der Waals surface area contributed by atoms with Gasteiger partial charge in [0, 0.05) is 31.7 Å². The minimum Gasteiger partial charge on any atom is -0.353 e. The number of aromatic nitrogens is 2. The van der Waals surface area contributed by atoms with Gasteiger partial charge in [-0.15, -0.1) is 0 Å². The van der Waals surface area contributed by atoms with Crippen molar-refractivity contribution in [2.24, 2.45) is 5.92 Å². The Hall–Kier alpha value is -1.85. The van der Waals surface area contributed by atoms with Crippen LogP contribution in [0.1, 0.15) is 29.6 Å². The largest absolute Gasteiger partial charge is 0.353 e. The molecule has 2 atom stereocenters. The number of H-pyrrole nitrogens is 1. The highest BCUT2D eigenvalue weighted by atomic mass is 16.2. The molecule has 1 aromatic heterocycles. The molecular weight excluding hydrogens is 232 g/mol. The lowest BCUT2D eigenvalue weighted by Crippen LogP contribution is -2.55. The Morgan fingerprint density at radius 1 is 1.44 bits per heavy atom. The molecule has 0 spiro atoms. The summed E-state index contributed by atoms with van der Waals surface area (Å²) in [5.74, 6) is 0.567. The number of aromatic amines is 1. The second-order valence-corrected chi connectivity index (χ2v) is 5.00. The van der Waals surface area contributed by atoms with Gasteiger partial charge in [0.25, 0.3) is 5.91 Å². The minimum absolute atomic E-state index is 0.0269. The summed E-state index contributed by atoms with van der Waals surface area (Å²) >= 11 is 0. The molecule has 18 heavy (non-hydrogen) atoms. The van der Waals surface area contributed by atoms with E-state index in [1.165, 1.54) is 0 Å². The molecule has 6 heteroatoms. The number of nitrogens with one attached hydrogen (secondary N) is 2. The van der Waals surface area contributed by atoms with Crippen molar-refractivity contribution in [1.82, 2.24) is 20.4 Å². The lowest BCUT2D eigenvalue weighted by molar-refractivity contribution is -0.125. The van der Waals surface area contributed by atoms with Gasteiger partial charge >= 0.3 is 0 Å². The smallest absolute Gasteiger partial charge is 0.257 e. The normalized spacial score (nSPS) is 27.6. The molecule has 0 radical (unpaired) electrons. The molecule has 2 aliphatic heterocycles. The third-order valence-corrected chi connectivity index (χ3v) is 3.85. The summed E-state index contributed by atoms with van der Waals surface area (Å²) < 4.78 is 0. The first kappa shape index (κ1) is 11.3. The summed E-state index contributed by atoms with van der Waals surface area (Å²) in [6.45, 7) is 1.43. The number of likely N-dealkylation sites (tertiary alicyclic amines) is 1. The average Bonchev–Trinajstić information content (AvgIpc) is 2.91. The summed E-state index contributed by atoms with van der Waals surface area (Å²) in [4.78, 5) is 25.4. The van der Waals surface area contributed by atoms with E-state index in [4.69, 9.17) is 0 Å². The highest BCUT2D eigenvalue weighted by Gasteiger charge is 2.35. The van der Waals surface area contributed by atoms with Crippen molar-refractivity contribution in [3.05, 3.63) is 18.0 Å². The van der Waals surface area contributed by atoms with Crippen LogP contribution < -0.4 is 5.32 Å². The van der Waals surface area contributed by atoms with Crippen LogP contribution in [0, 0.1) is 5.92 Å². The Kier molecular flexibility index (Phi) is 2.77. The van der Waals surface area contributed by atoms with Gasteiger partial charge in [-0.05, 0) is 18.8 Å². The molecule has 0 aliphatic carbocycles. The number of nitrogens with zero attached hydrogens (tertiary/aromatic N) is 2.